The van der Waals surface area contributed by atoms with Crippen molar-refractivity contribution in [3.05, 3.63) is 28.8 Å². The molecule has 1 rings (SSSR count). The van der Waals surface area contributed by atoms with Gasteiger partial charge in [0.25, 0.3) is 0 Å². The van der Waals surface area contributed by atoms with Crippen LogP contribution in [0.3, 0.4) is 0 Å². The van der Waals surface area contributed by atoms with Gasteiger partial charge in [0.1, 0.15) is 6.07 Å². The van der Waals surface area contributed by atoms with Gasteiger partial charge in [-0.15, -0.1) is 0 Å². The van der Waals surface area contributed by atoms with Crippen LogP contribution >= 0.6 is 11.6 Å². The number of benzene rings is 1. The molecule has 0 aromatic heterocycles. The summed E-state index contributed by atoms with van der Waals surface area (Å²) >= 11 is 5.78. The average molecular weight is 287 g/mol. The molecule has 18 heavy (non-hydrogen) atoms. The van der Waals surface area contributed by atoms with E-state index in [0.717, 1.165) is 0 Å². The van der Waals surface area contributed by atoms with E-state index >= 15 is 0 Å². The Balaban J connectivity index is 2.92. The van der Waals surface area contributed by atoms with Gasteiger partial charge in [-0.2, -0.15) is 5.26 Å². The third kappa shape index (κ3) is 3.37. The van der Waals surface area contributed by atoms with E-state index in [9.17, 15) is 8.42 Å². The van der Waals surface area contributed by atoms with Gasteiger partial charge in [0.05, 0.1) is 16.0 Å². The van der Waals surface area contributed by atoms with Crippen molar-refractivity contribution in [3.8, 4) is 6.07 Å². The normalized spacial score (nSPS) is 11.9. The molecule has 0 bridgehead atoms. The summed E-state index contributed by atoms with van der Waals surface area (Å²) in [5.74, 6) is 0. The minimum Gasteiger partial charge on any atom is -0.382 e. The molecular formula is C12H15ClN2O2S. The maximum Gasteiger partial charge on any atom is 0.154 e. The van der Waals surface area contributed by atoms with Gasteiger partial charge in [0.2, 0.25) is 0 Å². The van der Waals surface area contributed by atoms with Crippen LogP contribution in [0.15, 0.2) is 18.2 Å². The van der Waals surface area contributed by atoms with Crippen molar-refractivity contribution in [2.75, 3.05) is 18.1 Å². The van der Waals surface area contributed by atoms with Crippen LogP contribution in [-0.2, 0) is 9.84 Å². The predicted molar refractivity (Wildman–Crippen MR) is 73.6 cm³/mol. The summed E-state index contributed by atoms with van der Waals surface area (Å²) in [4.78, 5) is 0. The molecule has 0 saturated heterocycles. The molecule has 0 saturated carbocycles. The highest BCUT2D eigenvalue weighted by atomic mass is 35.5. The first-order valence-corrected chi connectivity index (χ1v) is 7.57. The third-order valence-corrected chi connectivity index (χ3v) is 5.20. The highest BCUT2D eigenvalue weighted by Gasteiger charge is 2.29. The number of nitrogens with one attached hydrogen (secondary N) is 1. The number of hydrogen-bond donors (Lipinski definition) is 1. The van der Waals surface area contributed by atoms with E-state index < -0.39 is 14.6 Å². The monoisotopic (exact) mass is 286 g/mol. The van der Waals surface area contributed by atoms with Gasteiger partial charge in [0.15, 0.2) is 9.84 Å². The maximum absolute atomic E-state index is 11.6. The van der Waals surface area contributed by atoms with Crippen molar-refractivity contribution in [2.45, 2.75) is 18.6 Å². The molecule has 0 amide bonds. The Bertz CT molecular complexity index is 589. The molecule has 0 unspecified atom stereocenters. The quantitative estimate of drug-likeness (QED) is 0.923. The molecular weight excluding hydrogens is 272 g/mol. The molecule has 6 heteroatoms. The Morgan fingerprint density at radius 1 is 1.44 bits per heavy atom. The van der Waals surface area contributed by atoms with Crippen LogP contribution in [0.1, 0.15) is 19.4 Å². The lowest BCUT2D eigenvalue weighted by Gasteiger charge is -2.23. The predicted octanol–water partition coefficient (Wildman–Crippen LogP) is 2.45. The Labute approximate surface area is 112 Å². The van der Waals surface area contributed by atoms with Crippen LogP contribution in [0.2, 0.25) is 5.02 Å². The highest BCUT2D eigenvalue weighted by Crippen LogP contribution is 2.22. The SMILES string of the molecule is CC(C)(CNc1ccc(Cl)cc1C#N)S(C)(=O)=O. The summed E-state index contributed by atoms with van der Waals surface area (Å²) < 4.78 is 22.2. The molecule has 0 spiro atoms. The first-order chi connectivity index (χ1) is 8.17. The zero-order chi connectivity index (χ0) is 14.0. The lowest BCUT2D eigenvalue weighted by Crippen LogP contribution is -2.38. The van der Waals surface area contributed by atoms with Gasteiger partial charge in [-0.3, -0.25) is 0 Å². The van der Waals surface area contributed by atoms with Crippen molar-refractivity contribution in [1.29, 1.82) is 5.26 Å². The van der Waals surface area contributed by atoms with E-state index in [1.165, 1.54) is 12.3 Å². The molecule has 0 fully saturated rings. The van der Waals surface area contributed by atoms with E-state index in [2.05, 4.69) is 5.32 Å². The van der Waals surface area contributed by atoms with Gasteiger partial charge < -0.3 is 5.32 Å². The van der Waals surface area contributed by atoms with Crippen LogP contribution < -0.4 is 5.32 Å². The summed E-state index contributed by atoms with van der Waals surface area (Å²) in [5.41, 5.74) is 0.977. The molecule has 1 aromatic rings. The van der Waals surface area contributed by atoms with Crippen molar-refractivity contribution in [1.82, 2.24) is 0 Å². The summed E-state index contributed by atoms with van der Waals surface area (Å²) in [5, 5.41) is 12.4. The standard InChI is InChI=1S/C12H15ClN2O2S/c1-12(2,18(3,16)17)8-15-11-5-4-10(13)6-9(11)7-14/h4-6,15H,8H2,1-3H3. The second-order valence-corrected chi connectivity index (χ2v) is 7.77. The van der Waals surface area contributed by atoms with E-state index in [-0.39, 0.29) is 6.54 Å². The number of nitriles is 1. The summed E-state index contributed by atoms with van der Waals surface area (Å²) in [7, 11) is -3.17. The zero-order valence-corrected chi connectivity index (χ0v) is 12.1. The fraction of sp³-hybridized carbons (Fsp3) is 0.417. The first-order valence-electron chi connectivity index (χ1n) is 5.30. The Morgan fingerprint density at radius 2 is 2.06 bits per heavy atom. The van der Waals surface area contributed by atoms with Crippen LogP contribution in [0.25, 0.3) is 0 Å². The molecule has 0 aliphatic rings. The second-order valence-electron chi connectivity index (χ2n) is 4.69. The van der Waals surface area contributed by atoms with Crippen molar-refractivity contribution >= 4 is 27.1 Å². The molecule has 0 radical (unpaired) electrons. The largest absolute Gasteiger partial charge is 0.382 e. The number of anilines is 1. The van der Waals surface area contributed by atoms with Crippen LogP contribution in [0.5, 0.6) is 0 Å². The van der Waals surface area contributed by atoms with Crippen molar-refractivity contribution < 1.29 is 8.42 Å². The Kier molecular flexibility index (Phi) is 4.25. The van der Waals surface area contributed by atoms with Gasteiger partial charge in [0, 0.05) is 17.8 Å². The second kappa shape index (κ2) is 5.17. The zero-order valence-electron chi connectivity index (χ0n) is 10.5. The van der Waals surface area contributed by atoms with Gasteiger partial charge in [-0.05, 0) is 32.0 Å². The molecule has 0 heterocycles. The van der Waals surface area contributed by atoms with Gasteiger partial charge in [-0.1, -0.05) is 11.6 Å². The third-order valence-electron chi connectivity index (χ3n) is 2.81. The van der Waals surface area contributed by atoms with E-state index in [0.29, 0.717) is 16.3 Å². The summed E-state index contributed by atoms with van der Waals surface area (Å²) in [6.45, 7) is 3.50. The topological polar surface area (TPSA) is 70.0 Å². The lowest BCUT2D eigenvalue weighted by molar-refractivity contribution is 0.560. The molecule has 0 aliphatic heterocycles. The Hall–Kier alpha value is -1.25. The number of hydrogen-bond acceptors (Lipinski definition) is 4. The van der Waals surface area contributed by atoms with E-state index in [4.69, 9.17) is 16.9 Å². The maximum atomic E-state index is 11.6. The summed E-state index contributed by atoms with van der Waals surface area (Å²) in [6.07, 6.45) is 1.20. The smallest absolute Gasteiger partial charge is 0.154 e. The van der Waals surface area contributed by atoms with Crippen LogP contribution in [0.4, 0.5) is 5.69 Å². The van der Waals surface area contributed by atoms with Crippen molar-refractivity contribution in [2.24, 2.45) is 0 Å². The molecule has 0 aliphatic carbocycles. The minimum absolute atomic E-state index is 0.224. The lowest BCUT2D eigenvalue weighted by atomic mass is 10.1. The molecule has 4 nitrogen and oxygen atoms in total. The Morgan fingerprint density at radius 3 is 2.56 bits per heavy atom. The van der Waals surface area contributed by atoms with Crippen LogP contribution in [-0.4, -0.2) is 26.0 Å². The highest BCUT2D eigenvalue weighted by molar-refractivity contribution is 7.92. The van der Waals surface area contributed by atoms with E-state index in [1.807, 2.05) is 6.07 Å². The molecule has 0 atom stereocenters. The fourth-order valence-corrected chi connectivity index (χ4v) is 1.71. The molecule has 1 aromatic carbocycles. The van der Waals surface area contributed by atoms with Gasteiger partial charge >= 0.3 is 0 Å². The van der Waals surface area contributed by atoms with Crippen molar-refractivity contribution in [3.63, 3.8) is 0 Å². The fourth-order valence-electron chi connectivity index (χ4n) is 1.20. The first kappa shape index (κ1) is 14.8. The molecule has 1 N–H and O–H groups in total. The van der Waals surface area contributed by atoms with Gasteiger partial charge in [-0.25, -0.2) is 8.42 Å². The number of halogens is 1. The van der Waals surface area contributed by atoms with E-state index in [1.54, 1.807) is 26.0 Å². The number of nitrogens with zero attached hydrogens (tertiary/aromatic N) is 1. The number of rotatable bonds is 4. The average Bonchev–Trinajstić information content (AvgIpc) is 2.25. The number of sulfone groups is 1. The minimum atomic E-state index is -3.17. The summed E-state index contributed by atoms with van der Waals surface area (Å²) in [6, 6.07) is 6.87. The van der Waals surface area contributed by atoms with Crippen LogP contribution in [0, 0.1) is 11.3 Å². The molecule has 98 valence electrons.